The summed E-state index contributed by atoms with van der Waals surface area (Å²) in [7, 11) is 0. The molecule has 3 atom stereocenters. The Kier molecular flexibility index (Phi) is 7.89. The molecule has 0 bridgehead atoms. The van der Waals surface area contributed by atoms with Gasteiger partial charge in [-0.05, 0) is 66.8 Å². The van der Waals surface area contributed by atoms with Gasteiger partial charge in [0.25, 0.3) is 0 Å². The van der Waals surface area contributed by atoms with Crippen molar-refractivity contribution in [3.8, 4) is 5.88 Å². The highest BCUT2D eigenvalue weighted by Gasteiger charge is 2.46. The van der Waals surface area contributed by atoms with Crippen molar-refractivity contribution in [2.24, 2.45) is 5.41 Å². The molecule has 190 valence electrons. The molecular weight excluding hydrogens is 506 g/mol. The number of aliphatic hydroxyl groups excluding tert-OH is 1. The number of nitrogens with one attached hydrogen (secondary N) is 2. The summed E-state index contributed by atoms with van der Waals surface area (Å²) in [6.07, 6.45) is 6.81. The summed E-state index contributed by atoms with van der Waals surface area (Å²) in [5.74, 6) is 0.570. The molecule has 1 aliphatic carbocycles. The van der Waals surface area contributed by atoms with Crippen molar-refractivity contribution in [1.82, 2.24) is 15.6 Å². The van der Waals surface area contributed by atoms with Crippen LogP contribution in [0.25, 0.3) is 0 Å². The minimum absolute atomic E-state index is 0.0479. The lowest BCUT2D eigenvalue weighted by Crippen LogP contribution is -2.52. The number of rotatable bonds is 8. The summed E-state index contributed by atoms with van der Waals surface area (Å²) in [6.45, 7) is 8.54. The third-order valence-electron chi connectivity index (χ3n) is 6.99. The Balaban J connectivity index is 1.49. The van der Waals surface area contributed by atoms with E-state index in [-0.39, 0.29) is 29.0 Å². The molecule has 0 unspecified atom stereocenters. The first kappa shape index (κ1) is 26.1. The van der Waals surface area contributed by atoms with Crippen molar-refractivity contribution in [3.63, 3.8) is 0 Å². The molecule has 2 heterocycles. The molecule has 1 saturated carbocycles. The SMILES string of the molecule is CC(=O)N[C@@H](Cc1ccc(Br)cc1)[C@@H](O)CN[C@H]1CC2(CCC2)Oc2ncc(CC(C)(C)C)cc21. The van der Waals surface area contributed by atoms with Crippen molar-refractivity contribution in [1.29, 1.82) is 0 Å². The number of amides is 1. The lowest BCUT2D eigenvalue weighted by molar-refractivity contribution is -0.120. The average Bonchev–Trinajstić information content (AvgIpc) is 2.75. The van der Waals surface area contributed by atoms with Crippen molar-refractivity contribution in [3.05, 3.63) is 57.7 Å². The lowest BCUT2D eigenvalue weighted by atomic mass is 9.73. The van der Waals surface area contributed by atoms with Gasteiger partial charge in [-0.2, -0.15) is 0 Å². The summed E-state index contributed by atoms with van der Waals surface area (Å²) in [5, 5.41) is 17.7. The van der Waals surface area contributed by atoms with Crippen molar-refractivity contribution in [2.75, 3.05) is 6.54 Å². The normalized spacial score (nSPS) is 20.3. The van der Waals surface area contributed by atoms with E-state index < -0.39 is 6.10 Å². The molecule has 1 aromatic heterocycles. The van der Waals surface area contributed by atoms with E-state index in [0.29, 0.717) is 18.8 Å². The maximum absolute atomic E-state index is 11.9. The number of hydrogen-bond donors (Lipinski definition) is 3. The highest BCUT2D eigenvalue weighted by Crippen LogP contribution is 2.48. The Bertz CT molecular complexity index is 1030. The predicted octanol–water partition coefficient (Wildman–Crippen LogP) is 4.88. The number of carbonyl (C=O) groups excluding carboxylic acids is 1. The molecule has 7 heteroatoms. The molecule has 1 fully saturated rings. The topological polar surface area (TPSA) is 83.5 Å². The molecule has 35 heavy (non-hydrogen) atoms. The first-order chi connectivity index (χ1) is 16.5. The van der Waals surface area contributed by atoms with E-state index in [0.717, 1.165) is 41.3 Å². The first-order valence-corrected chi connectivity index (χ1v) is 13.4. The third-order valence-corrected chi connectivity index (χ3v) is 7.52. The van der Waals surface area contributed by atoms with E-state index in [4.69, 9.17) is 9.72 Å². The number of benzene rings is 1. The fourth-order valence-electron chi connectivity index (χ4n) is 5.17. The van der Waals surface area contributed by atoms with E-state index in [1.165, 1.54) is 18.9 Å². The largest absolute Gasteiger partial charge is 0.471 e. The van der Waals surface area contributed by atoms with Gasteiger partial charge >= 0.3 is 0 Å². The Labute approximate surface area is 217 Å². The van der Waals surface area contributed by atoms with Crippen molar-refractivity contribution in [2.45, 2.75) is 90.0 Å². The average molecular weight is 545 g/mol. The van der Waals surface area contributed by atoms with Gasteiger partial charge in [0, 0.05) is 42.2 Å². The van der Waals surface area contributed by atoms with Gasteiger partial charge in [-0.1, -0.05) is 48.8 Å². The van der Waals surface area contributed by atoms with Gasteiger partial charge in [0.05, 0.1) is 12.1 Å². The minimum Gasteiger partial charge on any atom is -0.471 e. The molecule has 1 spiro atoms. The van der Waals surface area contributed by atoms with Gasteiger partial charge in [0.1, 0.15) is 5.60 Å². The Morgan fingerprint density at radius 1 is 1.26 bits per heavy atom. The first-order valence-electron chi connectivity index (χ1n) is 12.6. The lowest BCUT2D eigenvalue weighted by Gasteiger charge is -2.47. The molecule has 3 N–H and O–H groups in total. The molecule has 1 amide bonds. The van der Waals surface area contributed by atoms with Crippen LogP contribution in [-0.2, 0) is 17.6 Å². The van der Waals surface area contributed by atoms with Gasteiger partial charge in [-0.25, -0.2) is 4.98 Å². The second-order valence-electron chi connectivity index (χ2n) is 11.5. The number of pyridine rings is 1. The molecule has 1 aliphatic heterocycles. The van der Waals surface area contributed by atoms with E-state index >= 15 is 0 Å². The van der Waals surface area contributed by atoms with Gasteiger partial charge in [-0.15, -0.1) is 0 Å². The van der Waals surface area contributed by atoms with Crippen LogP contribution < -0.4 is 15.4 Å². The number of aromatic nitrogens is 1. The van der Waals surface area contributed by atoms with Gasteiger partial charge in [-0.3, -0.25) is 4.79 Å². The molecule has 0 saturated heterocycles. The number of halogens is 1. The van der Waals surface area contributed by atoms with Crippen LogP contribution in [-0.4, -0.2) is 40.3 Å². The van der Waals surface area contributed by atoms with E-state index in [2.05, 4.69) is 53.4 Å². The van der Waals surface area contributed by atoms with Crippen molar-refractivity contribution < 1.29 is 14.6 Å². The Hall–Kier alpha value is -1.96. The summed E-state index contributed by atoms with van der Waals surface area (Å²) in [4.78, 5) is 16.6. The summed E-state index contributed by atoms with van der Waals surface area (Å²) < 4.78 is 7.39. The number of carbonyl (C=O) groups is 1. The van der Waals surface area contributed by atoms with Crippen LogP contribution in [0.1, 0.15) is 76.1 Å². The fourth-order valence-corrected chi connectivity index (χ4v) is 5.44. The van der Waals surface area contributed by atoms with Crippen LogP contribution in [0.3, 0.4) is 0 Å². The van der Waals surface area contributed by atoms with Crippen LogP contribution >= 0.6 is 15.9 Å². The monoisotopic (exact) mass is 543 g/mol. The zero-order chi connectivity index (χ0) is 25.2. The standard InChI is InChI=1S/C28H38BrN3O3/c1-18(33)32-23(13-19-6-8-21(29)9-7-19)25(34)17-30-24-15-28(10-5-11-28)35-26-22(24)12-20(16-31-26)14-27(2,3)4/h6-9,12,16,23-25,30,34H,5,10-11,13-15,17H2,1-4H3,(H,32,33)/t23-,24-,25-/m0/s1. The van der Waals surface area contributed by atoms with E-state index in [9.17, 15) is 9.90 Å². The quantitative estimate of drug-likeness (QED) is 0.442. The zero-order valence-electron chi connectivity index (χ0n) is 21.2. The molecule has 2 aliphatic rings. The number of nitrogens with zero attached hydrogens (tertiary/aromatic N) is 1. The number of ether oxygens (including phenoxy) is 1. The molecule has 2 aromatic rings. The predicted molar refractivity (Wildman–Crippen MR) is 141 cm³/mol. The molecule has 6 nitrogen and oxygen atoms in total. The van der Waals surface area contributed by atoms with Gasteiger partial charge in [0.2, 0.25) is 11.8 Å². The van der Waals surface area contributed by atoms with Crippen LogP contribution in [0.5, 0.6) is 5.88 Å². The van der Waals surface area contributed by atoms with Gasteiger partial charge < -0.3 is 20.5 Å². The van der Waals surface area contributed by atoms with Crippen LogP contribution in [0.2, 0.25) is 0 Å². The second-order valence-corrected chi connectivity index (χ2v) is 12.4. The number of aliphatic hydroxyl groups is 1. The highest BCUT2D eigenvalue weighted by molar-refractivity contribution is 9.10. The summed E-state index contributed by atoms with van der Waals surface area (Å²) in [5.41, 5.74) is 3.34. The molecule has 0 radical (unpaired) electrons. The zero-order valence-corrected chi connectivity index (χ0v) is 22.8. The summed E-state index contributed by atoms with van der Waals surface area (Å²) in [6, 6.07) is 9.85. The maximum Gasteiger partial charge on any atom is 0.218 e. The second kappa shape index (κ2) is 10.6. The summed E-state index contributed by atoms with van der Waals surface area (Å²) >= 11 is 3.46. The number of fused-ring (bicyclic) bond motifs is 1. The van der Waals surface area contributed by atoms with Crippen LogP contribution in [0.15, 0.2) is 41.0 Å². The Morgan fingerprint density at radius 3 is 2.57 bits per heavy atom. The third kappa shape index (κ3) is 6.83. The smallest absolute Gasteiger partial charge is 0.218 e. The highest BCUT2D eigenvalue weighted by atomic mass is 79.9. The number of hydrogen-bond acceptors (Lipinski definition) is 5. The van der Waals surface area contributed by atoms with Crippen molar-refractivity contribution >= 4 is 21.8 Å². The van der Waals surface area contributed by atoms with Crippen LogP contribution in [0.4, 0.5) is 0 Å². The minimum atomic E-state index is -0.739. The van der Waals surface area contributed by atoms with E-state index in [1.807, 2.05) is 30.5 Å². The molecular formula is C28H38BrN3O3. The maximum atomic E-state index is 11.9. The Morgan fingerprint density at radius 2 is 1.97 bits per heavy atom. The molecule has 4 rings (SSSR count). The fraction of sp³-hybridized carbons (Fsp3) is 0.571. The van der Waals surface area contributed by atoms with E-state index in [1.54, 1.807) is 0 Å². The van der Waals surface area contributed by atoms with Crippen LogP contribution in [0, 0.1) is 5.41 Å². The van der Waals surface area contributed by atoms with Gasteiger partial charge in [0.15, 0.2) is 0 Å². The molecule has 1 aromatic carbocycles.